The zero-order valence-electron chi connectivity index (χ0n) is 12.6. The summed E-state index contributed by atoms with van der Waals surface area (Å²) in [7, 11) is -3.87. The van der Waals surface area contributed by atoms with E-state index in [1.165, 1.54) is 28.6 Å². The molecule has 0 radical (unpaired) electrons. The fourth-order valence-corrected chi connectivity index (χ4v) is 4.28. The predicted molar refractivity (Wildman–Crippen MR) is 95.4 cm³/mol. The van der Waals surface area contributed by atoms with Crippen LogP contribution in [0.25, 0.3) is 0 Å². The maximum atomic E-state index is 12.9. The number of rotatable bonds is 6. The molecule has 0 aliphatic heterocycles. The van der Waals surface area contributed by atoms with Gasteiger partial charge in [0.15, 0.2) is 0 Å². The molecule has 0 atom stereocenters. The summed E-state index contributed by atoms with van der Waals surface area (Å²) in [5.74, 6) is 0. The Morgan fingerprint density at radius 2 is 1.96 bits per heavy atom. The molecule has 4 nitrogen and oxygen atoms in total. The molecule has 0 saturated carbocycles. The summed E-state index contributed by atoms with van der Waals surface area (Å²) in [4.78, 5) is -0.0602. The van der Waals surface area contributed by atoms with Gasteiger partial charge in [0.1, 0.15) is 4.90 Å². The number of halogens is 2. The van der Waals surface area contributed by atoms with Crippen LogP contribution in [-0.4, -0.2) is 19.3 Å². The first kappa shape index (κ1) is 18.5. The van der Waals surface area contributed by atoms with E-state index in [0.717, 1.165) is 0 Å². The average molecular weight is 381 g/mol. The van der Waals surface area contributed by atoms with Gasteiger partial charge >= 0.3 is 0 Å². The summed E-state index contributed by atoms with van der Waals surface area (Å²) >= 11 is 11.9. The summed E-state index contributed by atoms with van der Waals surface area (Å²) in [6, 6.07) is 13.1. The lowest BCUT2D eigenvalue weighted by molar-refractivity contribution is 0.438. The van der Waals surface area contributed by atoms with Gasteiger partial charge in [-0.1, -0.05) is 41.4 Å². The molecule has 0 N–H and O–H groups in total. The molecule has 24 heavy (non-hydrogen) atoms. The number of sulfonamides is 1. The second-order valence-corrected chi connectivity index (χ2v) is 7.72. The van der Waals surface area contributed by atoms with E-state index >= 15 is 0 Å². The summed E-state index contributed by atoms with van der Waals surface area (Å²) in [6.45, 7) is 3.79. The normalized spacial score (nSPS) is 11.2. The van der Waals surface area contributed by atoms with E-state index in [1.54, 1.807) is 24.3 Å². The van der Waals surface area contributed by atoms with E-state index in [2.05, 4.69) is 6.58 Å². The molecule has 0 unspecified atom stereocenters. The van der Waals surface area contributed by atoms with E-state index in [9.17, 15) is 8.42 Å². The highest BCUT2D eigenvalue weighted by molar-refractivity contribution is 7.89. The molecule has 0 bridgehead atoms. The maximum Gasteiger partial charge on any atom is 0.245 e. The van der Waals surface area contributed by atoms with Gasteiger partial charge in [-0.3, -0.25) is 0 Å². The van der Waals surface area contributed by atoms with Gasteiger partial charge < -0.3 is 0 Å². The van der Waals surface area contributed by atoms with Gasteiger partial charge in [-0.15, -0.1) is 6.58 Å². The Balaban J connectivity index is 2.43. The molecule has 2 rings (SSSR count). The molecule has 124 valence electrons. The van der Waals surface area contributed by atoms with Crippen LogP contribution >= 0.6 is 23.2 Å². The Hall–Kier alpha value is -1.84. The SMILES string of the molecule is C=CCN(Cc1cccc(C#N)c1)S(=O)(=O)c1cc(Cl)ccc1Cl. The summed E-state index contributed by atoms with van der Waals surface area (Å²) in [5, 5.41) is 9.35. The van der Waals surface area contributed by atoms with Crippen molar-refractivity contribution in [3.63, 3.8) is 0 Å². The van der Waals surface area contributed by atoms with Gasteiger partial charge in [0.2, 0.25) is 10.0 Å². The third kappa shape index (κ3) is 4.16. The fraction of sp³-hybridized carbons (Fsp3) is 0.118. The van der Waals surface area contributed by atoms with Gasteiger partial charge in [0, 0.05) is 18.1 Å². The highest BCUT2D eigenvalue weighted by atomic mass is 35.5. The van der Waals surface area contributed by atoms with Crippen LogP contribution in [0.15, 0.2) is 60.0 Å². The summed E-state index contributed by atoms with van der Waals surface area (Å²) < 4.78 is 27.1. The Morgan fingerprint density at radius 3 is 2.62 bits per heavy atom. The van der Waals surface area contributed by atoms with Gasteiger partial charge in [-0.25, -0.2) is 8.42 Å². The molecule has 0 spiro atoms. The molecule has 0 heterocycles. The summed E-state index contributed by atoms with van der Waals surface area (Å²) in [6.07, 6.45) is 1.49. The fourth-order valence-electron chi connectivity index (χ4n) is 2.15. The Kier molecular flexibility index (Phi) is 6.03. The molecule has 0 saturated heterocycles. The first-order valence-corrected chi connectivity index (χ1v) is 9.13. The largest absolute Gasteiger partial charge is 0.245 e. The molecule has 0 fully saturated rings. The number of hydrogen-bond acceptors (Lipinski definition) is 3. The monoisotopic (exact) mass is 380 g/mol. The number of nitriles is 1. The van der Waals surface area contributed by atoms with Gasteiger partial charge in [0.25, 0.3) is 0 Å². The lowest BCUT2D eigenvalue weighted by atomic mass is 10.1. The zero-order chi connectivity index (χ0) is 17.7. The van der Waals surface area contributed by atoms with Gasteiger partial charge in [-0.2, -0.15) is 9.57 Å². The van der Waals surface area contributed by atoms with Crippen molar-refractivity contribution >= 4 is 33.2 Å². The van der Waals surface area contributed by atoms with Crippen LogP contribution in [0, 0.1) is 11.3 Å². The van der Waals surface area contributed by atoms with Crippen molar-refractivity contribution in [2.24, 2.45) is 0 Å². The molecular weight excluding hydrogens is 367 g/mol. The second kappa shape index (κ2) is 7.82. The number of benzene rings is 2. The van der Waals surface area contributed by atoms with Crippen LogP contribution in [0.5, 0.6) is 0 Å². The van der Waals surface area contributed by atoms with E-state index in [0.29, 0.717) is 11.1 Å². The van der Waals surface area contributed by atoms with Crippen molar-refractivity contribution in [3.8, 4) is 6.07 Å². The second-order valence-electron chi connectivity index (χ2n) is 4.97. The molecule has 0 aliphatic carbocycles. The molecule has 2 aromatic rings. The van der Waals surface area contributed by atoms with Gasteiger partial charge in [0.05, 0.1) is 16.7 Å². The quantitative estimate of drug-likeness (QED) is 0.703. The van der Waals surface area contributed by atoms with E-state index in [4.69, 9.17) is 28.5 Å². The predicted octanol–water partition coefficient (Wildman–Crippen LogP) is 4.24. The van der Waals surface area contributed by atoms with Crippen molar-refractivity contribution in [2.45, 2.75) is 11.4 Å². The average Bonchev–Trinajstić information content (AvgIpc) is 2.56. The minimum atomic E-state index is -3.87. The minimum Gasteiger partial charge on any atom is -0.207 e. The van der Waals surface area contributed by atoms with Crippen LogP contribution in [-0.2, 0) is 16.6 Å². The van der Waals surface area contributed by atoms with Crippen molar-refractivity contribution in [2.75, 3.05) is 6.54 Å². The number of hydrogen-bond donors (Lipinski definition) is 0. The zero-order valence-corrected chi connectivity index (χ0v) is 14.9. The van der Waals surface area contributed by atoms with Crippen LogP contribution in [0.1, 0.15) is 11.1 Å². The van der Waals surface area contributed by atoms with Crippen LogP contribution < -0.4 is 0 Å². The van der Waals surface area contributed by atoms with E-state index in [1.807, 2.05) is 6.07 Å². The maximum absolute atomic E-state index is 12.9. The van der Waals surface area contributed by atoms with Gasteiger partial charge in [-0.05, 0) is 35.9 Å². The molecule has 0 aliphatic rings. The summed E-state index contributed by atoms with van der Waals surface area (Å²) in [5.41, 5.74) is 1.15. The lowest BCUT2D eigenvalue weighted by Crippen LogP contribution is -2.31. The van der Waals surface area contributed by atoms with Crippen molar-refractivity contribution in [3.05, 3.63) is 76.3 Å². The molecule has 7 heteroatoms. The molecule has 2 aromatic carbocycles. The topological polar surface area (TPSA) is 61.2 Å². The van der Waals surface area contributed by atoms with Crippen molar-refractivity contribution in [1.82, 2.24) is 4.31 Å². The molecular formula is C17H14Cl2N2O2S. The van der Waals surface area contributed by atoms with E-state index < -0.39 is 10.0 Å². The highest BCUT2D eigenvalue weighted by Gasteiger charge is 2.26. The Labute approximate surface area is 151 Å². The molecule has 0 amide bonds. The van der Waals surface area contributed by atoms with E-state index in [-0.39, 0.29) is 28.0 Å². The van der Waals surface area contributed by atoms with Crippen LogP contribution in [0.4, 0.5) is 0 Å². The first-order chi connectivity index (χ1) is 11.4. The first-order valence-electron chi connectivity index (χ1n) is 6.93. The van der Waals surface area contributed by atoms with Crippen molar-refractivity contribution in [1.29, 1.82) is 5.26 Å². The Bertz CT molecular complexity index is 905. The number of nitrogens with zero attached hydrogens (tertiary/aromatic N) is 2. The smallest absolute Gasteiger partial charge is 0.207 e. The van der Waals surface area contributed by atoms with Crippen LogP contribution in [0.3, 0.4) is 0 Å². The third-order valence-electron chi connectivity index (χ3n) is 3.26. The van der Waals surface area contributed by atoms with Crippen LogP contribution in [0.2, 0.25) is 10.0 Å². The minimum absolute atomic E-state index is 0.0602. The Morgan fingerprint density at radius 1 is 1.21 bits per heavy atom. The molecule has 0 aromatic heterocycles. The lowest BCUT2D eigenvalue weighted by Gasteiger charge is -2.21. The standard InChI is InChI=1S/C17H14Cl2N2O2S/c1-2-8-21(12-14-5-3-4-13(9-14)11-20)24(22,23)17-10-15(18)6-7-16(17)19/h2-7,9-10H,1,8,12H2. The van der Waals surface area contributed by atoms with Crippen molar-refractivity contribution < 1.29 is 8.42 Å². The highest BCUT2D eigenvalue weighted by Crippen LogP contribution is 2.28. The third-order valence-corrected chi connectivity index (χ3v) is 5.79.